The van der Waals surface area contributed by atoms with E-state index in [1.54, 1.807) is 18.2 Å². The summed E-state index contributed by atoms with van der Waals surface area (Å²) >= 11 is 0. The van der Waals surface area contributed by atoms with Crippen LogP contribution in [0.1, 0.15) is 5.56 Å². The number of benzene rings is 1. The highest BCUT2D eigenvalue weighted by Gasteiger charge is 2.43. The summed E-state index contributed by atoms with van der Waals surface area (Å²) in [5.41, 5.74) is 5.64. The van der Waals surface area contributed by atoms with Crippen LogP contribution < -0.4 is 15.2 Å². The molecule has 0 bridgehead atoms. The van der Waals surface area contributed by atoms with Crippen LogP contribution in [0.3, 0.4) is 0 Å². The topological polar surface area (TPSA) is 86.3 Å². The molecule has 0 saturated heterocycles. The molecule has 1 aromatic rings. The SMILES string of the molecule is N/C(=N/O)C(COCc1ccc2c(c1)OCO2)C(F)(F)F. The molecule has 1 atom stereocenters. The van der Waals surface area contributed by atoms with E-state index in [1.165, 1.54) is 0 Å². The second-order valence-electron chi connectivity index (χ2n) is 4.32. The van der Waals surface area contributed by atoms with Gasteiger partial charge in [0.2, 0.25) is 6.79 Å². The van der Waals surface area contributed by atoms with Crippen molar-refractivity contribution in [3.63, 3.8) is 0 Å². The molecule has 21 heavy (non-hydrogen) atoms. The molecule has 1 unspecified atom stereocenters. The van der Waals surface area contributed by atoms with Gasteiger partial charge in [0.05, 0.1) is 13.2 Å². The lowest BCUT2D eigenvalue weighted by Gasteiger charge is -2.18. The van der Waals surface area contributed by atoms with E-state index in [1.807, 2.05) is 0 Å². The van der Waals surface area contributed by atoms with Crippen molar-refractivity contribution in [2.75, 3.05) is 13.4 Å². The summed E-state index contributed by atoms with van der Waals surface area (Å²) < 4.78 is 53.3. The number of ether oxygens (including phenoxy) is 3. The van der Waals surface area contributed by atoms with Crippen molar-refractivity contribution in [3.8, 4) is 11.5 Å². The Kier molecular flexibility index (Phi) is 4.41. The largest absolute Gasteiger partial charge is 0.454 e. The molecule has 1 aliphatic heterocycles. The summed E-state index contributed by atoms with van der Waals surface area (Å²) in [4.78, 5) is 0. The third-order valence-electron chi connectivity index (χ3n) is 2.86. The van der Waals surface area contributed by atoms with Gasteiger partial charge >= 0.3 is 6.18 Å². The zero-order chi connectivity index (χ0) is 15.5. The first kappa shape index (κ1) is 15.2. The number of alkyl halides is 3. The van der Waals surface area contributed by atoms with Crippen LogP contribution >= 0.6 is 0 Å². The van der Waals surface area contributed by atoms with Gasteiger partial charge in [0, 0.05) is 0 Å². The van der Waals surface area contributed by atoms with Crippen LogP contribution in [0.4, 0.5) is 13.2 Å². The molecule has 0 fully saturated rings. The molecule has 1 heterocycles. The number of fused-ring (bicyclic) bond motifs is 1. The van der Waals surface area contributed by atoms with Crippen molar-refractivity contribution in [3.05, 3.63) is 23.8 Å². The van der Waals surface area contributed by atoms with E-state index in [0.29, 0.717) is 17.1 Å². The average molecular weight is 306 g/mol. The van der Waals surface area contributed by atoms with Gasteiger partial charge in [-0.2, -0.15) is 13.2 Å². The second-order valence-corrected chi connectivity index (χ2v) is 4.32. The Morgan fingerprint density at radius 1 is 1.38 bits per heavy atom. The number of nitrogens with zero attached hydrogens (tertiary/aromatic N) is 1. The molecule has 0 saturated carbocycles. The number of nitrogens with two attached hydrogens (primary N) is 1. The number of hydrogen-bond acceptors (Lipinski definition) is 5. The Balaban J connectivity index is 1.93. The molecule has 1 aromatic carbocycles. The highest BCUT2D eigenvalue weighted by Crippen LogP contribution is 2.33. The Labute approximate surface area is 117 Å². The maximum atomic E-state index is 12.7. The van der Waals surface area contributed by atoms with Crippen LogP contribution in [-0.4, -0.2) is 30.6 Å². The molecule has 0 aliphatic carbocycles. The fourth-order valence-electron chi connectivity index (χ4n) is 1.74. The molecule has 0 aromatic heterocycles. The minimum atomic E-state index is -4.65. The van der Waals surface area contributed by atoms with Crippen molar-refractivity contribution >= 4 is 5.84 Å². The monoisotopic (exact) mass is 306 g/mol. The molecule has 3 N–H and O–H groups in total. The second kappa shape index (κ2) is 6.08. The van der Waals surface area contributed by atoms with Gasteiger partial charge in [0.25, 0.3) is 0 Å². The Morgan fingerprint density at radius 2 is 2.10 bits per heavy atom. The molecule has 1 aliphatic rings. The summed E-state index contributed by atoms with van der Waals surface area (Å²) in [6.45, 7) is -0.699. The van der Waals surface area contributed by atoms with E-state index in [0.717, 1.165) is 0 Å². The third kappa shape index (κ3) is 3.69. The zero-order valence-electron chi connectivity index (χ0n) is 10.8. The number of oxime groups is 1. The Morgan fingerprint density at radius 3 is 2.76 bits per heavy atom. The van der Waals surface area contributed by atoms with Gasteiger partial charge in [-0.25, -0.2) is 0 Å². The van der Waals surface area contributed by atoms with Gasteiger partial charge in [-0.1, -0.05) is 11.2 Å². The van der Waals surface area contributed by atoms with Gasteiger partial charge in [-0.3, -0.25) is 0 Å². The fourth-order valence-corrected chi connectivity index (χ4v) is 1.74. The first-order valence-corrected chi connectivity index (χ1v) is 5.92. The lowest BCUT2D eigenvalue weighted by atomic mass is 10.1. The molecular weight excluding hydrogens is 293 g/mol. The maximum Gasteiger partial charge on any atom is 0.401 e. The van der Waals surface area contributed by atoms with Crippen LogP contribution in [0, 0.1) is 5.92 Å². The lowest BCUT2D eigenvalue weighted by Crippen LogP contribution is -2.39. The van der Waals surface area contributed by atoms with Gasteiger partial charge in [0.1, 0.15) is 5.92 Å². The summed E-state index contributed by atoms with van der Waals surface area (Å²) in [7, 11) is 0. The van der Waals surface area contributed by atoms with Gasteiger partial charge < -0.3 is 25.2 Å². The predicted molar refractivity (Wildman–Crippen MR) is 65.2 cm³/mol. The van der Waals surface area contributed by atoms with Crippen molar-refractivity contribution < 1.29 is 32.6 Å². The van der Waals surface area contributed by atoms with Crippen molar-refractivity contribution in [1.29, 1.82) is 0 Å². The average Bonchev–Trinajstić information content (AvgIpc) is 2.89. The minimum Gasteiger partial charge on any atom is -0.454 e. The first-order valence-electron chi connectivity index (χ1n) is 5.92. The summed E-state index contributed by atoms with van der Waals surface area (Å²) in [6.07, 6.45) is -4.65. The smallest absolute Gasteiger partial charge is 0.401 e. The normalized spacial score (nSPS) is 16.0. The Bertz CT molecular complexity index is 534. The maximum absolute atomic E-state index is 12.7. The van der Waals surface area contributed by atoms with Crippen LogP contribution in [0.5, 0.6) is 11.5 Å². The first-order chi connectivity index (χ1) is 9.91. The zero-order valence-corrected chi connectivity index (χ0v) is 10.8. The highest BCUT2D eigenvalue weighted by molar-refractivity contribution is 5.83. The number of amidine groups is 1. The highest BCUT2D eigenvalue weighted by atomic mass is 19.4. The molecular formula is C12H13F3N2O4. The summed E-state index contributed by atoms with van der Waals surface area (Å²) in [6, 6.07) is 4.92. The quantitative estimate of drug-likeness (QED) is 0.375. The van der Waals surface area contributed by atoms with Crippen LogP contribution in [0.15, 0.2) is 23.4 Å². The molecule has 0 radical (unpaired) electrons. The number of rotatable bonds is 5. The van der Waals surface area contributed by atoms with Crippen LogP contribution in [-0.2, 0) is 11.3 Å². The van der Waals surface area contributed by atoms with E-state index in [2.05, 4.69) is 5.16 Å². The molecule has 116 valence electrons. The van der Waals surface area contributed by atoms with E-state index >= 15 is 0 Å². The predicted octanol–water partition coefficient (Wildman–Crippen LogP) is 1.86. The van der Waals surface area contributed by atoms with Crippen molar-refractivity contribution in [2.45, 2.75) is 12.8 Å². The molecule has 6 nitrogen and oxygen atoms in total. The van der Waals surface area contributed by atoms with Gasteiger partial charge in [0.15, 0.2) is 17.3 Å². The van der Waals surface area contributed by atoms with Crippen molar-refractivity contribution in [1.82, 2.24) is 0 Å². The van der Waals surface area contributed by atoms with E-state index in [4.69, 9.17) is 25.2 Å². The van der Waals surface area contributed by atoms with Crippen molar-refractivity contribution in [2.24, 2.45) is 16.8 Å². The summed E-state index contributed by atoms with van der Waals surface area (Å²) in [5, 5.41) is 10.8. The van der Waals surface area contributed by atoms with E-state index in [9.17, 15) is 13.2 Å². The molecule has 0 spiro atoms. The van der Waals surface area contributed by atoms with Crippen LogP contribution in [0.2, 0.25) is 0 Å². The summed E-state index contributed by atoms with van der Waals surface area (Å²) in [5.74, 6) is -2.01. The molecule has 0 amide bonds. The fraction of sp³-hybridized carbons (Fsp3) is 0.417. The van der Waals surface area contributed by atoms with Crippen LogP contribution in [0.25, 0.3) is 0 Å². The Hall–Kier alpha value is -2.16. The number of hydrogen-bond donors (Lipinski definition) is 2. The molecule has 9 heteroatoms. The minimum absolute atomic E-state index is 0.0675. The third-order valence-corrected chi connectivity index (χ3v) is 2.86. The number of halogens is 3. The van der Waals surface area contributed by atoms with E-state index in [-0.39, 0.29) is 13.4 Å². The lowest BCUT2D eigenvalue weighted by molar-refractivity contribution is -0.169. The molecule has 2 rings (SSSR count). The van der Waals surface area contributed by atoms with Gasteiger partial charge in [-0.15, -0.1) is 0 Å². The van der Waals surface area contributed by atoms with Gasteiger partial charge in [-0.05, 0) is 17.7 Å². The standard InChI is InChI=1S/C12H13F3N2O4/c13-12(14,15)8(11(16)17-18)5-19-4-7-1-2-9-10(3-7)21-6-20-9/h1-3,8,18H,4-6H2,(H2,16,17). The van der Waals surface area contributed by atoms with E-state index < -0.39 is 24.5 Å².